The Hall–Kier alpha value is -1.18. The molecule has 0 aromatic heterocycles. The van der Waals surface area contributed by atoms with Gasteiger partial charge in [0.1, 0.15) is 6.10 Å². The molecule has 0 atom stereocenters. The number of carboxylic acid groups (broad SMARTS) is 2. The minimum absolute atomic E-state index is 0.275. The summed E-state index contributed by atoms with van der Waals surface area (Å²) in [5.41, 5.74) is -1.49. The van der Waals surface area contributed by atoms with Gasteiger partial charge in [-0.15, -0.1) is 0 Å². The second kappa shape index (κ2) is 8.02. The number of hydrogen-bond donors (Lipinski definition) is 5. The van der Waals surface area contributed by atoms with Crippen LogP contribution in [0.2, 0.25) is 0 Å². The van der Waals surface area contributed by atoms with Crippen LogP contribution >= 0.6 is 0 Å². The zero-order chi connectivity index (χ0) is 14.2. The summed E-state index contributed by atoms with van der Waals surface area (Å²) >= 11 is 0. The second-order valence-electron chi connectivity index (χ2n) is 4.27. The number of hydrogen-bond acceptors (Lipinski definition) is 5. The summed E-state index contributed by atoms with van der Waals surface area (Å²) in [5, 5.41) is 41.6. The van der Waals surface area contributed by atoms with Gasteiger partial charge >= 0.3 is 11.9 Å². The van der Waals surface area contributed by atoms with Crippen LogP contribution in [-0.2, 0) is 9.59 Å². The molecule has 1 fully saturated rings. The van der Waals surface area contributed by atoms with E-state index >= 15 is 0 Å². The van der Waals surface area contributed by atoms with Gasteiger partial charge in [-0.2, -0.15) is 0 Å². The lowest BCUT2D eigenvalue weighted by molar-refractivity contribution is -0.167. The fourth-order valence-electron chi connectivity index (χ4n) is 1.73. The van der Waals surface area contributed by atoms with Crippen molar-refractivity contribution in [2.24, 2.45) is 5.41 Å². The Labute approximate surface area is 105 Å². The molecule has 0 amide bonds. The molecule has 0 saturated heterocycles. The fourth-order valence-corrected chi connectivity index (χ4v) is 1.73. The first-order valence-corrected chi connectivity index (χ1v) is 5.77. The molecule has 106 valence electrons. The van der Waals surface area contributed by atoms with E-state index in [1.54, 1.807) is 0 Å². The molecule has 18 heavy (non-hydrogen) atoms. The number of carbonyl (C=O) groups is 2. The molecule has 1 aliphatic rings. The summed E-state index contributed by atoms with van der Waals surface area (Å²) in [6.45, 7) is -0.729. The highest BCUT2D eigenvalue weighted by molar-refractivity contribution is 5.98. The standard InChI is InChI=1S/C8H12O4.C3H8O3/c9-6(10)8(7(11)12)4-2-1-3-5-8;4-1-3(6)2-5/h1-5H2,(H,9,10)(H,11,12);3-6H,1-2H2. The maximum atomic E-state index is 10.7. The van der Waals surface area contributed by atoms with Gasteiger partial charge in [-0.1, -0.05) is 19.3 Å². The van der Waals surface area contributed by atoms with E-state index in [0.717, 1.165) is 6.42 Å². The summed E-state index contributed by atoms with van der Waals surface area (Å²) in [6.07, 6.45) is 1.96. The minimum atomic E-state index is -1.49. The Balaban J connectivity index is 0.000000411. The van der Waals surface area contributed by atoms with E-state index in [0.29, 0.717) is 12.8 Å². The fraction of sp³-hybridized carbons (Fsp3) is 0.818. The minimum Gasteiger partial charge on any atom is -0.480 e. The lowest BCUT2D eigenvalue weighted by Crippen LogP contribution is -2.40. The summed E-state index contributed by atoms with van der Waals surface area (Å²) in [7, 11) is 0. The molecule has 0 heterocycles. The van der Waals surface area contributed by atoms with Crippen molar-refractivity contribution < 1.29 is 35.1 Å². The van der Waals surface area contributed by atoms with Crippen LogP contribution in [0.4, 0.5) is 0 Å². The van der Waals surface area contributed by atoms with E-state index in [2.05, 4.69) is 0 Å². The van der Waals surface area contributed by atoms with E-state index in [9.17, 15) is 9.59 Å². The van der Waals surface area contributed by atoms with Crippen LogP contribution in [0.1, 0.15) is 32.1 Å². The Bertz CT molecular complexity index is 251. The van der Waals surface area contributed by atoms with Crippen LogP contribution in [0.25, 0.3) is 0 Å². The van der Waals surface area contributed by atoms with E-state index in [-0.39, 0.29) is 26.1 Å². The first kappa shape index (κ1) is 16.8. The van der Waals surface area contributed by atoms with Gasteiger partial charge in [0, 0.05) is 0 Å². The van der Waals surface area contributed by atoms with E-state index < -0.39 is 23.5 Å². The highest BCUT2D eigenvalue weighted by atomic mass is 16.4. The van der Waals surface area contributed by atoms with Crippen molar-refractivity contribution >= 4 is 11.9 Å². The monoisotopic (exact) mass is 264 g/mol. The zero-order valence-electron chi connectivity index (χ0n) is 10.1. The third kappa shape index (κ3) is 4.59. The van der Waals surface area contributed by atoms with Gasteiger partial charge in [0.15, 0.2) is 5.41 Å². The van der Waals surface area contributed by atoms with Crippen molar-refractivity contribution in [1.82, 2.24) is 0 Å². The van der Waals surface area contributed by atoms with Gasteiger partial charge < -0.3 is 25.5 Å². The molecular formula is C11H20O7. The maximum absolute atomic E-state index is 10.7. The molecule has 0 aliphatic heterocycles. The van der Waals surface area contributed by atoms with Crippen LogP contribution in [0, 0.1) is 5.41 Å². The molecule has 0 aromatic carbocycles. The number of aliphatic hydroxyl groups is 3. The molecular weight excluding hydrogens is 244 g/mol. The van der Waals surface area contributed by atoms with Crippen molar-refractivity contribution in [2.75, 3.05) is 13.2 Å². The average molecular weight is 264 g/mol. The molecule has 5 N–H and O–H groups in total. The largest absolute Gasteiger partial charge is 0.480 e. The lowest BCUT2D eigenvalue weighted by Gasteiger charge is -2.28. The Morgan fingerprint density at radius 2 is 1.33 bits per heavy atom. The van der Waals surface area contributed by atoms with Gasteiger partial charge in [-0.3, -0.25) is 9.59 Å². The van der Waals surface area contributed by atoms with Crippen molar-refractivity contribution in [2.45, 2.75) is 38.2 Å². The van der Waals surface area contributed by atoms with Gasteiger partial charge in [0.05, 0.1) is 13.2 Å². The number of rotatable bonds is 4. The maximum Gasteiger partial charge on any atom is 0.321 e. The number of aliphatic hydroxyl groups excluding tert-OH is 3. The molecule has 7 heteroatoms. The van der Waals surface area contributed by atoms with Crippen molar-refractivity contribution in [3.05, 3.63) is 0 Å². The van der Waals surface area contributed by atoms with Crippen molar-refractivity contribution in [1.29, 1.82) is 0 Å². The number of carboxylic acids is 2. The van der Waals surface area contributed by atoms with Gasteiger partial charge in [-0.05, 0) is 12.8 Å². The topological polar surface area (TPSA) is 135 Å². The Morgan fingerprint density at radius 1 is 0.944 bits per heavy atom. The molecule has 1 saturated carbocycles. The van der Waals surface area contributed by atoms with Crippen molar-refractivity contribution in [3.63, 3.8) is 0 Å². The predicted octanol–water partition coefficient (Wildman–Crippen LogP) is -0.562. The third-order valence-corrected chi connectivity index (χ3v) is 2.95. The van der Waals surface area contributed by atoms with Gasteiger partial charge in [-0.25, -0.2) is 0 Å². The lowest BCUT2D eigenvalue weighted by atomic mass is 9.74. The van der Waals surface area contributed by atoms with E-state index in [1.807, 2.05) is 0 Å². The summed E-state index contributed by atoms with van der Waals surface area (Å²) in [4.78, 5) is 21.5. The van der Waals surface area contributed by atoms with Crippen LogP contribution in [-0.4, -0.2) is 56.8 Å². The summed E-state index contributed by atoms with van der Waals surface area (Å²) in [6, 6.07) is 0. The second-order valence-corrected chi connectivity index (χ2v) is 4.27. The summed E-state index contributed by atoms with van der Waals surface area (Å²) < 4.78 is 0. The molecule has 1 aliphatic carbocycles. The zero-order valence-corrected chi connectivity index (χ0v) is 10.1. The van der Waals surface area contributed by atoms with Crippen LogP contribution in [0.5, 0.6) is 0 Å². The smallest absolute Gasteiger partial charge is 0.321 e. The van der Waals surface area contributed by atoms with Crippen LogP contribution < -0.4 is 0 Å². The van der Waals surface area contributed by atoms with Crippen LogP contribution in [0.3, 0.4) is 0 Å². The van der Waals surface area contributed by atoms with Crippen LogP contribution in [0.15, 0.2) is 0 Å². The first-order valence-electron chi connectivity index (χ1n) is 5.77. The molecule has 0 radical (unpaired) electrons. The normalized spacial score (nSPS) is 17.8. The average Bonchev–Trinajstić information content (AvgIpc) is 2.38. The summed E-state index contributed by atoms with van der Waals surface area (Å²) in [5.74, 6) is -2.37. The Morgan fingerprint density at radius 3 is 1.50 bits per heavy atom. The predicted molar refractivity (Wildman–Crippen MR) is 61.0 cm³/mol. The van der Waals surface area contributed by atoms with Gasteiger partial charge in [0.2, 0.25) is 0 Å². The van der Waals surface area contributed by atoms with Crippen molar-refractivity contribution in [3.8, 4) is 0 Å². The molecule has 0 unspecified atom stereocenters. The highest BCUT2D eigenvalue weighted by Crippen LogP contribution is 2.36. The quantitative estimate of drug-likeness (QED) is 0.429. The van der Waals surface area contributed by atoms with E-state index in [1.165, 1.54) is 0 Å². The van der Waals surface area contributed by atoms with Gasteiger partial charge in [0.25, 0.3) is 0 Å². The SMILES string of the molecule is O=C(O)C1(C(=O)O)CCCCC1.OCC(O)CO. The molecule has 0 spiro atoms. The third-order valence-electron chi connectivity index (χ3n) is 2.95. The highest BCUT2D eigenvalue weighted by Gasteiger charge is 2.46. The van der Waals surface area contributed by atoms with E-state index in [4.69, 9.17) is 25.5 Å². The molecule has 7 nitrogen and oxygen atoms in total. The molecule has 1 rings (SSSR count). The Kier molecular flexibility index (Phi) is 7.49. The molecule has 0 bridgehead atoms. The molecule has 0 aromatic rings. The number of aliphatic carboxylic acids is 2. The first-order chi connectivity index (χ1) is 8.40.